The van der Waals surface area contributed by atoms with Gasteiger partial charge in [-0.15, -0.1) is 0 Å². The first kappa shape index (κ1) is 37.7. The van der Waals surface area contributed by atoms with E-state index in [0.29, 0.717) is 28.7 Å². The summed E-state index contributed by atoms with van der Waals surface area (Å²) in [5, 5.41) is 24.9. The Kier molecular flexibility index (Phi) is 7.08. The number of rotatable bonds is 3. The Morgan fingerprint density at radius 2 is 1.02 bits per heavy atom. The van der Waals surface area contributed by atoms with Crippen molar-refractivity contribution < 1.29 is 4.42 Å². The fraction of sp³-hybridized carbons (Fsp3) is 0.190. The number of para-hydroxylation sites is 4. The maximum atomic E-state index is 10.4. The van der Waals surface area contributed by atoms with Gasteiger partial charge in [0.1, 0.15) is 11.2 Å². The highest BCUT2D eigenvalue weighted by molar-refractivity contribution is 6.10. The number of aromatic nitrogens is 4. The van der Waals surface area contributed by atoms with Crippen molar-refractivity contribution in [2.24, 2.45) is 10.8 Å². The van der Waals surface area contributed by atoms with Gasteiger partial charge < -0.3 is 4.42 Å². The summed E-state index contributed by atoms with van der Waals surface area (Å²) in [7, 11) is 0. The van der Waals surface area contributed by atoms with E-state index in [9.17, 15) is 10.5 Å². The van der Waals surface area contributed by atoms with E-state index >= 15 is 0 Å². The molecular weight excluding hydrogens is 797 g/mol. The average molecular weight is 839 g/mol. The van der Waals surface area contributed by atoms with Gasteiger partial charge in [0.15, 0.2) is 11.6 Å². The number of hydrogen-bond donors (Lipinski definition) is 0. The molecule has 7 aromatic carbocycles. The molecule has 10 aromatic rings. The minimum atomic E-state index is -0.562. The predicted molar refractivity (Wildman–Crippen MR) is 256 cm³/mol. The third-order valence-corrected chi connectivity index (χ3v) is 15.4. The molecule has 0 aliphatic heterocycles. The van der Waals surface area contributed by atoms with Crippen molar-refractivity contribution in [1.82, 2.24) is 19.5 Å². The molecule has 0 radical (unpaired) electrons. The lowest BCUT2D eigenvalue weighted by Crippen LogP contribution is -2.77. The van der Waals surface area contributed by atoms with Crippen LogP contribution in [0.3, 0.4) is 0 Å². The van der Waals surface area contributed by atoms with E-state index in [2.05, 4.69) is 161 Å². The van der Waals surface area contributed by atoms with Gasteiger partial charge in [-0.1, -0.05) is 133 Å². The quantitative estimate of drug-likeness (QED) is 0.175. The Morgan fingerprint density at radius 3 is 1.63 bits per heavy atom. The van der Waals surface area contributed by atoms with E-state index in [-0.39, 0.29) is 10.8 Å². The molecular formula is C58H42N6O. The van der Waals surface area contributed by atoms with E-state index in [0.717, 1.165) is 54.9 Å². The third-order valence-electron chi connectivity index (χ3n) is 15.4. The van der Waals surface area contributed by atoms with Crippen molar-refractivity contribution in [2.75, 3.05) is 0 Å². The molecule has 3 aliphatic rings. The van der Waals surface area contributed by atoms with Crippen molar-refractivity contribution in [3.63, 3.8) is 0 Å². The Hall–Kier alpha value is -7.87. The van der Waals surface area contributed by atoms with E-state index in [1.54, 1.807) is 0 Å². The van der Waals surface area contributed by atoms with Gasteiger partial charge in [0.2, 0.25) is 5.95 Å². The maximum Gasteiger partial charge on any atom is 0.238 e. The number of benzene rings is 7. The Labute approximate surface area is 376 Å². The second-order valence-corrected chi connectivity index (χ2v) is 20.2. The summed E-state index contributed by atoms with van der Waals surface area (Å²) >= 11 is 0. The number of furan rings is 1. The SMILES string of the molecule is CC(C)(C)C12c3ccc(-c4nc(-c5cccc6c5oc5ccccc56)nc(-n5c6ccccc6c6ccccc65)n4)cc3C3(C(C)(C)C)c4cc(C#N)ccc4C13c1ccc(C#N)cc12. The second kappa shape index (κ2) is 12.2. The van der Waals surface area contributed by atoms with Crippen LogP contribution in [0.5, 0.6) is 0 Å². The van der Waals surface area contributed by atoms with Crippen molar-refractivity contribution in [1.29, 1.82) is 10.5 Å². The molecule has 65 heavy (non-hydrogen) atoms. The standard InChI is InChI=1S/C58H42N6O/c1-54(2,3)56-41-27-24-35(30-46(41)57(55(4,5)6)45-29-34(32-60)23-26-43(45)58(56,57)42-25-22-33(31-59)28-44(42)56)51-61-52(40-18-13-17-39-38-16-9-12-21-49(38)65-50(39)40)63-53(62-51)64-47-19-10-7-14-36(47)37-15-8-11-20-48(37)64/h7-30H,1-6H3. The normalized spacial score (nSPS) is 20.3. The highest BCUT2D eigenvalue weighted by Gasteiger charge is 2.87. The Bertz CT molecular complexity index is 3810. The molecule has 3 unspecified atom stereocenters. The number of nitriles is 2. The fourth-order valence-electron chi connectivity index (χ4n) is 13.5. The van der Waals surface area contributed by atoms with Gasteiger partial charge in [-0.05, 0) is 98.8 Å². The summed E-state index contributed by atoms with van der Waals surface area (Å²) in [4.78, 5) is 16.2. The van der Waals surface area contributed by atoms with Gasteiger partial charge in [-0.25, -0.2) is 4.98 Å². The molecule has 0 N–H and O–H groups in total. The Balaban J connectivity index is 1.14. The minimum Gasteiger partial charge on any atom is -0.455 e. The lowest BCUT2D eigenvalue weighted by Gasteiger charge is -2.76. The molecule has 3 atom stereocenters. The highest BCUT2D eigenvalue weighted by Crippen LogP contribution is 2.88. The lowest BCUT2D eigenvalue weighted by atomic mass is 9.25. The number of fused-ring (bicyclic) bond motifs is 13. The van der Waals surface area contributed by atoms with E-state index < -0.39 is 16.2 Å². The second-order valence-electron chi connectivity index (χ2n) is 20.2. The van der Waals surface area contributed by atoms with Crippen LogP contribution in [0.1, 0.15) is 86.1 Å². The van der Waals surface area contributed by atoms with Crippen molar-refractivity contribution >= 4 is 43.7 Å². The van der Waals surface area contributed by atoms with Gasteiger partial charge in [-0.3, -0.25) is 4.57 Å². The molecule has 0 saturated heterocycles. The van der Waals surface area contributed by atoms with Gasteiger partial charge in [0.05, 0.1) is 39.9 Å². The summed E-state index contributed by atoms with van der Waals surface area (Å²) in [6.45, 7) is 14.1. The van der Waals surface area contributed by atoms with E-state index in [1.165, 1.54) is 33.4 Å². The zero-order chi connectivity index (χ0) is 44.4. The number of hydrogen-bond acceptors (Lipinski definition) is 6. The summed E-state index contributed by atoms with van der Waals surface area (Å²) in [5.41, 5.74) is 11.6. The van der Waals surface area contributed by atoms with Gasteiger partial charge in [0.25, 0.3) is 0 Å². The fourth-order valence-corrected chi connectivity index (χ4v) is 13.5. The molecule has 1 spiro atoms. The van der Waals surface area contributed by atoms with E-state index in [4.69, 9.17) is 19.4 Å². The molecule has 13 rings (SSSR count). The zero-order valence-electron chi connectivity index (χ0n) is 36.9. The molecule has 3 aliphatic carbocycles. The molecule has 0 bridgehead atoms. The molecule has 3 aromatic heterocycles. The van der Waals surface area contributed by atoms with Gasteiger partial charge in [0, 0.05) is 43.4 Å². The molecule has 0 amide bonds. The molecule has 7 heteroatoms. The highest BCUT2D eigenvalue weighted by atomic mass is 16.3. The minimum absolute atomic E-state index is 0.293. The van der Waals surface area contributed by atoms with Crippen LogP contribution in [0.4, 0.5) is 0 Å². The van der Waals surface area contributed by atoms with Crippen LogP contribution in [0.25, 0.3) is 72.5 Å². The van der Waals surface area contributed by atoms with Gasteiger partial charge in [-0.2, -0.15) is 20.5 Å². The Morgan fingerprint density at radius 1 is 0.492 bits per heavy atom. The number of nitrogens with zero attached hydrogens (tertiary/aromatic N) is 6. The van der Waals surface area contributed by atoms with Crippen LogP contribution in [0, 0.1) is 33.5 Å². The first-order valence-corrected chi connectivity index (χ1v) is 22.3. The molecule has 0 fully saturated rings. The topological polar surface area (TPSA) is 104 Å². The summed E-state index contributed by atoms with van der Waals surface area (Å²) in [6, 6.07) is 55.5. The van der Waals surface area contributed by atoms with Gasteiger partial charge >= 0.3 is 0 Å². The molecule has 7 nitrogen and oxygen atoms in total. The van der Waals surface area contributed by atoms with Crippen LogP contribution in [0.15, 0.2) is 150 Å². The van der Waals surface area contributed by atoms with Crippen molar-refractivity contribution in [3.8, 4) is 40.9 Å². The molecule has 3 heterocycles. The van der Waals surface area contributed by atoms with Crippen LogP contribution >= 0.6 is 0 Å². The summed E-state index contributed by atoms with van der Waals surface area (Å²) in [6.07, 6.45) is 0. The van der Waals surface area contributed by atoms with Crippen molar-refractivity contribution in [3.05, 3.63) is 190 Å². The largest absolute Gasteiger partial charge is 0.455 e. The average Bonchev–Trinajstić information content (AvgIpc) is 3.90. The summed E-state index contributed by atoms with van der Waals surface area (Å²) < 4.78 is 8.77. The molecule has 0 saturated carbocycles. The predicted octanol–water partition coefficient (Wildman–Crippen LogP) is 13.2. The summed E-state index contributed by atoms with van der Waals surface area (Å²) in [5.74, 6) is 1.56. The van der Waals surface area contributed by atoms with E-state index in [1.807, 2.05) is 42.5 Å². The lowest BCUT2D eigenvalue weighted by molar-refractivity contribution is -0.00165. The zero-order valence-corrected chi connectivity index (χ0v) is 36.9. The molecule has 310 valence electrons. The first-order valence-electron chi connectivity index (χ1n) is 22.3. The van der Waals surface area contributed by atoms with Crippen LogP contribution in [-0.4, -0.2) is 19.5 Å². The van der Waals surface area contributed by atoms with Crippen molar-refractivity contribution in [2.45, 2.75) is 57.8 Å². The maximum absolute atomic E-state index is 10.4. The smallest absolute Gasteiger partial charge is 0.238 e. The van der Waals surface area contributed by atoms with Crippen LogP contribution in [-0.2, 0) is 16.2 Å². The van der Waals surface area contributed by atoms with Crippen LogP contribution < -0.4 is 0 Å². The first-order chi connectivity index (χ1) is 31.4. The monoisotopic (exact) mass is 838 g/mol. The third kappa shape index (κ3) is 4.19. The van der Waals surface area contributed by atoms with Crippen LogP contribution in [0.2, 0.25) is 0 Å².